The van der Waals surface area contributed by atoms with E-state index in [0.29, 0.717) is 11.5 Å². The summed E-state index contributed by atoms with van der Waals surface area (Å²) in [6, 6.07) is 12.7. The van der Waals surface area contributed by atoms with Crippen LogP contribution >= 0.6 is 0 Å². The number of phenolic OH excluding ortho intramolecular Hbond substituents is 2. The molecule has 2 rings (SSSR count). The van der Waals surface area contributed by atoms with E-state index in [1.54, 1.807) is 18.2 Å². The fourth-order valence-electron chi connectivity index (χ4n) is 1.35. The van der Waals surface area contributed by atoms with Crippen molar-refractivity contribution in [1.29, 1.82) is 0 Å². The van der Waals surface area contributed by atoms with Gasteiger partial charge in [0.05, 0.1) is 0 Å². The molecule has 0 heterocycles. The highest BCUT2D eigenvalue weighted by molar-refractivity contribution is 5.34. The van der Waals surface area contributed by atoms with Gasteiger partial charge >= 0.3 is 0 Å². The van der Waals surface area contributed by atoms with Crippen molar-refractivity contribution in [2.24, 2.45) is 0 Å². The minimum absolute atomic E-state index is 0.329. The first-order valence-electron chi connectivity index (χ1n) is 5.51. The van der Waals surface area contributed by atoms with Crippen LogP contribution in [0.4, 0.5) is 0 Å². The van der Waals surface area contributed by atoms with Gasteiger partial charge in [-0.15, -0.1) is 0 Å². The van der Waals surface area contributed by atoms with E-state index in [0.717, 1.165) is 5.56 Å². The third-order valence-electron chi connectivity index (χ3n) is 2.39. The lowest BCUT2D eigenvalue weighted by atomic mass is 10.1. The van der Waals surface area contributed by atoms with Crippen molar-refractivity contribution < 1.29 is 10.2 Å². The molecular weight excluding hydrogens is 212 g/mol. The second-order valence-corrected chi connectivity index (χ2v) is 4.13. The average molecular weight is 230 g/mol. The monoisotopic (exact) mass is 230 g/mol. The maximum atomic E-state index is 9.04. The number of rotatable bonds is 0. The number of aryl methyl sites for hydroxylation is 3. The Balaban J connectivity index is 0.000000171. The summed E-state index contributed by atoms with van der Waals surface area (Å²) in [7, 11) is 0. The van der Waals surface area contributed by atoms with E-state index < -0.39 is 0 Å². The van der Waals surface area contributed by atoms with Crippen molar-refractivity contribution in [2.45, 2.75) is 20.8 Å². The SMILES string of the molecule is Cc1ccc(O)c(C)c1.Cc1ccc(O)cc1. The Labute approximate surface area is 102 Å². The largest absolute Gasteiger partial charge is 0.508 e. The van der Waals surface area contributed by atoms with Gasteiger partial charge < -0.3 is 10.2 Å². The summed E-state index contributed by atoms with van der Waals surface area (Å²) >= 11 is 0. The summed E-state index contributed by atoms with van der Waals surface area (Å²) < 4.78 is 0. The van der Waals surface area contributed by atoms with Crippen LogP contribution in [0.2, 0.25) is 0 Å². The highest BCUT2D eigenvalue weighted by Gasteiger charge is 1.91. The summed E-state index contributed by atoms with van der Waals surface area (Å²) in [6.45, 7) is 5.88. The first kappa shape index (κ1) is 13.1. The van der Waals surface area contributed by atoms with Gasteiger partial charge in [-0.25, -0.2) is 0 Å². The van der Waals surface area contributed by atoms with Crippen molar-refractivity contribution >= 4 is 0 Å². The van der Waals surface area contributed by atoms with E-state index in [9.17, 15) is 0 Å². The molecule has 0 amide bonds. The molecule has 0 aliphatic heterocycles. The van der Waals surface area contributed by atoms with Crippen LogP contribution in [0.3, 0.4) is 0 Å². The van der Waals surface area contributed by atoms with Crippen LogP contribution in [0.25, 0.3) is 0 Å². The lowest BCUT2D eigenvalue weighted by Crippen LogP contribution is -1.75. The summed E-state index contributed by atoms with van der Waals surface area (Å²) in [4.78, 5) is 0. The summed E-state index contributed by atoms with van der Waals surface area (Å²) in [6.07, 6.45) is 0. The van der Waals surface area contributed by atoms with E-state index in [1.807, 2.05) is 45.0 Å². The Morgan fingerprint density at radius 2 is 1.24 bits per heavy atom. The molecule has 90 valence electrons. The van der Waals surface area contributed by atoms with Crippen molar-refractivity contribution in [1.82, 2.24) is 0 Å². The zero-order valence-corrected chi connectivity index (χ0v) is 10.4. The lowest BCUT2D eigenvalue weighted by Gasteiger charge is -1.97. The third-order valence-corrected chi connectivity index (χ3v) is 2.39. The maximum absolute atomic E-state index is 9.04. The highest BCUT2D eigenvalue weighted by Crippen LogP contribution is 2.15. The van der Waals surface area contributed by atoms with Gasteiger partial charge in [-0.1, -0.05) is 35.4 Å². The first-order valence-corrected chi connectivity index (χ1v) is 5.51. The van der Waals surface area contributed by atoms with Crippen LogP contribution in [-0.4, -0.2) is 10.2 Å². The van der Waals surface area contributed by atoms with Crippen molar-refractivity contribution in [3.63, 3.8) is 0 Å². The van der Waals surface area contributed by atoms with Crippen molar-refractivity contribution in [2.75, 3.05) is 0 Å². The Hall–Kier alpha value is -1.96. The fraction of sp³-hybridized carbons (Fsp3) is 0.200. The third kappa shape index (κ3) is 4.60. The zero-order valence-electron chi connectivity index (χ0n) is 10.4. The molecule has 2 aromatic carbocycles. The van der Waals surface area contributed by atoms with Crippen molar-refractivity contribution in [3.05, 3.63) is 59.2 Å². The first-order chi connectivity index (χ1) is 7.99. The average Bonchev–Trinajstić information content (AvgIpc) is 2.29. The predicted molar refractivity (Wildman–Crippen MR) is 70.4 cm³/mol. The smallest absolute Gasteiger partial charge is 0.118 e. The number of hydrogen-bond acceptors (Lipinski definition) is 2. The van der Waals surface area contributed by atoms with E-state index in [2.05, 4.69) is 0 Å². The predicted octanol–water partition coefficient (Wildman–Crippen LogP) is 3.71. The molecule has 0 atom stereocenters. The standard InChI is InChI=1S/C8H10O.C7H8O/c1-6-3-4-8(9)7(2)5-6;1-6-2-4-7(8)5-3-6/h3-5,9H,1-2H3;2-5,8H,1H3. The minimum Gasteiger partial charge on any atom is -0.508 e. The number of aromatic hydroxyl groups is 2. The normalized spacial score (nSPS) is 9.35. The van der Waals surface area contributed by atoms with Gasteiger partial charge in [-0.3, -0.25) is 0 Å². The molecule has 0 aliphatic rings. The topological polar surface area (TPSA) is 40.5 Å². The van der Waals surface area contributed by atoms with Gasteiger partial charge in [-0.05, 0) is 44.5 Å². The van der Waals surface area contributed by atoms with Gasteiger partial charge in [-0.2, -0.15) is 0 Å². The molecule has 0 aliphatic carbocycles. The molecule has 2 nitrogen and oxygen atoms in total. The van der Waals surface area contributed by atoms with Gasteiger partial charge in [0, 0.05) is 0 Å². The van der Waals surface area contributed by atoms with Gasteiger partial charge in [0.25, 0.3) is 0 Å². The molecule has 0 aromatic heterocycles. The Kier molecular flexibility index (Phi) is 4.58. The molecule has 17 heavy (non-hydrogen) atoms. The summed E-state index contributed by atoms with van der Waals surface area (Å²) in [5, 5.41) is 17.8. The van der Waals surface area contributed by atoms with E-state index in [4.69, 9.17) is 10.2 Å². The second kappa shape index (κ2) is 5.94. The van der Waals surface area contributed by atoms with Crippen LogP contribution in [0, 0.1) is 20.8 Å². The van der Waals surface area contributed by atoms with Crippen LogP contribution in [0.15, 0.2) is 42.5 Å². The second-order valence-electron chi connectivity index (χ2n) is 4.13. The van der Waals surface area contributed by atoms with E-state index >= 15 is 0 Å². The Morgan fingerprint density at radius 3 is 1.65 bits per heavy atom. The number of benzene rings is 2. The molecule has 0 fully saturated rings. The van der Waals surface area contributed by atoms with Gasteiger partial charge in [0.2, 0.25) is 0 Å². The summed E-state index contributed by atoms with van der Waals surface area (Å²) in [5.41, 5.74) is 3.29. The van der Waals surface area contributed by atoms with Crippen molar-refractivity contribution in [3.8, 4) is 11.5 Å². The highest BCUT2D eigenvalue weighted by atomic mass is 16.3. The zero-order chi connectivity index (χ0) is 12.8. The fourth-order valence-corrected chi connectivity index (χ4v) is 1.35. The molecule has 2 aromatic rings. The van der Waals surface area contributed by atoms with Crippen LogP contribution in [-0.2, 0) is 0 Å². The maximum Gasteiger partial charge on any atom is 0.118 e. The molecule has 0 unspecified atom stereocenters. The molecular formula is C15H18O2. The number of phenols is 2. The minimum atomic E-state index is 0.329. The molecule has 0 radical (unpaired) electrons. The Morgan fingerprint density at radius 1 is 0.706 bits per heavy atom. The Bertz CT molecular complexity index is 452. The van der Waals surface area contributed by atoms with Crippen LogP contribution in [0.1, 0.15) is 16.7 Å². The molecule has 0 saturated heterocycles. The van der Waals surface area contributed by atoms with Gasteiger partial charge in [0.1, 0.15) is 11.5 Å². The molecule has 0 spiro atoms. The number of hydrogen-bond donors (Lipinski definition) is 2. The molecule has 2 heteroatoms. The van der Waals surface area contributed by atoms with E-state index in [-0.39, 0.29) is 0 Å². The molecule has 0 bridgehead atoms. The quantitative estimate of drug-likeness (QED) is 0.724. The lowest BCUT2D eigenvalue weighted by molar-refractivity contribution is 0.471. The molecule has 0 saturated carbocycles. The van der Waals surface area contributed by atoms with Crippen LogP contribution < -0.4 is 0 Å². The van der Waals surface area contributed by atoms with Crippen LogP contribution in [0.5, 0.6) is 11.5 Å². The summed E-state index contributed by atoms with van der Waals surface area (Å²) in [5.74, 6) is 0.705. The molecule has 2 N–H and O–H groups in total. The van der Waals surface area contributed by atoms with Gasteiger partial charge in [0.15, 0.2) is 0 Å². The van der Waals surface area contributed by atoms with E-state index in [1.165, 1.54) is 11.1 Å².